The largest absolute Gasteiger partial charge is 0.508 e. The molecule has 6 nitrogen and oxygen atoms in total. The quantitative estimate of drug-likeness (QED) is 0.279. The average Bonchev–Trinajstić information content (AvgIpc) is 3.18. The minimum Gasteiger partial charge on any atom is -0.508 e. The normalized spacial score (nSPS) is 16.7. The van der Waals surface area contributed by atoms with E-state index in [0.29, 0.717) is 18.3 Å². The van der Waals surface area contributed by atoms with Gasteiger partial charge in [-0.1, -0.05) is 30.3 Å². The average molecular weight is 524 g/mol. The smallest absolute Gasteiger partial charge is 0.191 e. The van der Waals surface area contributed by atoms with Gasteiger partial charge in [0.1, 0.15) is 11.5 Å². The highest BCUT2D eigenvalue weighted by Gasteiger charge is 2.24. The minimum atomic E-state index is 0. The van der Waals surface area contributed by atoms with E-state index >= 15 is 0 Å². The molecule has 3 N–H and O–H groups in total. The molecule has 1 fully saturated rings. The molecule has 1 aliphatic heterocycles. The van der Waals surface area contributed by atoms with Crippen LogP contribution in [-0.4, -0.2) is 48.8 Å². The Kier molecular flexibility index (Phi) is 10.2. The Labute approximate surface area is 196 Å². The number of hydrogen-bond acceptors (Lipinski definition) is 4. The van der Waals surface area contributed by atoms with Crippen molar-refractivity contribution in [2.75, 3.05) is 26.7 Å². The van der Waals surface area contributed by atoms with Gasteiger partial charge in [0.25, 0.3) is 0 Å². The predicted molar refractivity (Wildman–Crippen MR) is 133 cm³/mol. The molecule has 2 aromatic rings. The number of rotatable bonds is 8. The number of ether oxygens (including phenoxy) is 1. The topological polar surface area (TPSA) is 69.1 Å². The van der Waals surface area contributed by atoms with Crippen molar-refractivity contribution in [3.8, 4) is 11.5 Å². The van der Waals surface area contributed by atoms with Crippen molar-refractivity contribution < 1.29 is 9.84 Å². The van der Waals surface area contributed by atoms with E-state index in [1.807, 2.05) is 6.07 Å². The van der Waals surface area contributed by atoms with Crippen LogP contribution in [-0.2, 0) is 13.1 Å². The van der Waals surface area contributed by atoms with Gasteiger partial charge in [-0.2, -0.15) is 0 Å². The molecule has 0 amide bonds. The first kappa shape index (κ1) is 24.3. The zero-order valence-corrected chi connectivity index (χ0v) is 20.1. The highest BCUT2D eigenvalue weighted by Crippen LogP contribution is 2.23. The molecule has 0 saturated carbocycles. The van der Waals surface area contributed by atoms with E-state index in [4.69, 9.17) is 4.74 Å². The highest BCUT2D eigenvalue weighted by atomic mass is 127. The molecule has 164 valence electrons. The second-order valence-electron chi connectivity index (χ2n) is 7.32. The summed E-state index contributed by atoms with van der Waals surface area (Å²) in [7, 11) is 1.62. The second-order valence-corrected chi connectivity index (χ2v) is 7.32. The summed E-state index contributed by atoms with van der Waals surface area (Å²) < 4.78 is 5.24. The Morgan fingerprint density at radius 3 is 2.73 bits per heavy atom. The van der Waals surface area contributed by atoms with Gasteiger partial charge in [0.15, 0.2) is 5.96 Å². The number of nitrogens with one attached hydrogen (secondary N) is 2. The number of benzene rings is 2. The lowest BCUT2D eigenvalue weighted by Crippen LogP contribution is -2.44. The van der Waals surface area contributed by atoms with E-state index in [2.05, 4.69) is 57.8 Å². The van der Waals surface area contributed by atoms with Crippen molar-refractivity contribution in [3.63, 3.8) is 0 Å². The van der Waals surface area contributed by atoms with Crippen LogP contribution in [0.4, 0.5) is 0 Å². The monoisotopic (exact) mass is 524 g/mol. The molecule has 1 unspecified atom stereocenters. The number of guanidine groups is 1. The number of halogens is 1. The molecule has 0 aromatic heterocycles. The maximum Gasteiger partial charge on any atom is 0.191 e. The Hall–Kier alpha value is -2.00. The zero-order chi connectivity index (χ0) is 20.5. The number of hydrogen-bond donors (Lipinski definition) is 3. The van der Waals surface area contributed by atoms with Gasteiger partial charge < -0.3 is 20.5 Å². The third-order valence-electron chi connectivity index (χ3n) is 5.27. The van der Waals surface area contributed by atoms with E-state index in [1.165, 1.54) is 18.4 Å². The van der Waals surface area contributed by atoms with E-state index < -0.39 is 0 Å². The third-order valence-corrected chi connectivity index (χ3v) is 5.27. The maximum atomic E-state index is 10.1. The Morgan fingerprint density at radius 1 is 1.20 bits per heavy atom. The summed E-state index contributed by atoms with van der Waals surface area (Å²) in [6.45, 7) is 6.19. The molecule has 0 bridgehead atoms. The Balaban J connectivity index is 0.00000320. The van der Waals surface area contributed by atoms with Crippen LogP contribution in [0, 0.1) is 0 Å². The zero-order valence-electron chi connectivity index (χ0n) is 17.8. The van der Waals surface area contributed by atoms with Crippen LogP contribution in [0.15, 0.2) is 53.5 Å². The van der Waals surface area contributed by atoms with Crippen molar-refractivity contribution in [2.24, 2.45) is 4.99 Å². The summed E-state index contributed by atoms with van der Waals surface area (Å²) in [5.74, 6) is 1.71. The molecule has 0 radical (unpaired) electrons. The summed E-state index contributed by atoms with van der Waals surface area (Å²) >= 11 is 0. The fourth-order valence-corrected chi connectivity index (χ4v) is 3.69. The molecule has 1 aliphatic rings. The maximum absolute atomic E-state index is 10.1. The van der Waals surface area contributed by atoms with E-state index in [1.54, 1.807) is 19.2 Å². The van der Waals surface area contributed by atoms with Gasteiger partial charge in [-0.05, 0) is 50.1 Å². The molecular formula is C23H33IN4O2. The van der Waals surface area contributed by atoms with Crippen molar-refractivity contribution in [1.82, 2.24) is 15.5 Å². The highest BCUT2D eigenvalue weighted by molar-refractivity contribution is 14.0. The van der Waals surface area contributed by atoms with E-state index in [9.17, 15) is 5.11 Å². The number of aliphatic imine (C=N–C) groups is 1. The van der Waals surface area contributed by atoms with E-state index in [-0.39, 0.29) is 29.7 Å². The van der Waals surface area contributed by atoms with E-state index in [0.717, 1.165) is 37.7 Å². The molecule has 0 aliphatic carbocycles. The molecule has 30 heavy (non-hydrogen) atoms. The van der Waals surface area contributed by atoms with Crippen molar-refractivity contribution >= 4 is 29.9 Å². The standard InChI is InChI=1S/C23H32N4O2.HI/c1-3-24-23(25-15-19-14-21(29-2)11-12-22(19)28)26-16-20-10-7-13-27(20)17-18-8-5-4-6-9-18;/h4-6,8-9,11-12,14,20,28H,3,7,10,13,15-17H2,1-2H3,(H2,24,25,26);1H. The van der Waals surface area contributed by atoms with Gasteiger partial charge in [-0.15, -0.1) is 24.0 Å². The lowest BCUT2D eigenvalue weighted by Gasteiger charge is -2.25. The van der Waals surface area contributed by atoms with Crippen LogP contribution in [0.3, 0.4) is 0 Å². The molecular weight excluding hydrogens is 491 g/mol. The first-order chi connectivity index (χ1) is 14.2. The van der Waals surface area contributed by atoms with Crippen LogP contribution >= 0.6 is 24.0 Å². The number of aromatic hydroxyl groups is 1. The van der Waals surface area contributed by atoms with Crippen LogP contribution < -0.4 is 15.4 Å². The first-order valence-electron chi connectivity index (χ1n) is 10.4. The van der Waals surface area contributed by atoms with Crippen molar-refractivity contribution in [2.45, 2.75) is 38.9 Å². The van der Waals surface area contributed by atoms with Crippen LogP contribution in [0.1, 0.15) is 30.9 Å². The van der Waals surface area contributed by atoms with Crippen LogP contribution in [0.25, 0.3) is 0 Å². The van der Waals surface area contributed by atoms with Crippen molar-refractivity contribution in [1.29, 1.82) is 0 Å². The summed E-state index contributed by atoms with van der Waals surface area (Å²) in [5, 5.41) is 16.9. The van der Waals surface area contributed by atoms with Gasteiger partial charge in [0.2, 0.25) is 0 Å². The lowest BCUT2D eigenvalue weighted by atomic mass is 10.2. The van der Waals surface area contributed by atoms with Gasteiger partial charge in [0, 0.05) is 31.2 Å². The minimum absolute atomic E-state index is 0. The molecule has 1 heterocycles. The molecule has 1 atom stereocenters. The molecule has 7 heteroatoms. The van der Waals surface area contributed by atoms with Gasteiger partial charge in [-0.25, -0.2) is 4.99 Å². The number of phenolic OH excluding ortho intramolecular Hbond substituents is 1. The fraction of sp³-hybridized carbons (Fsp3) is 0.435. The fourth-order valence-electron chi connectivity index (χ4n) is 3.69. The number of phenols is 1. The predicted octanol–water partition coefficient (Wildman–Crippen LogP) is 3.74. The summed E-state index contributed by atoms with van der Waals surface area (Å²) in [4.78, 5) is 7.19. The Bertz CT molecular complexity index is 801. The SMILES string of the molecule is CCNC(=NCc1cc(OC)ccc1O)NCC1CCCN1Cc1ccccc1.I. The van der Waals surface area contributed by atoms with Crippen LogP contribution in [0.2, 0.25) is 0 Å². The van der Waals surface area contributed by atoms with Gasteiger partial charge in [-0.3, -0.25) is 4.90 Å². The Morgan fingerprint density at radius 2 is 2.00 bits per heavy atom. The van der Waals surface area contributed by atoms with Crippen LogP contribution in [0.5, 0.6) is 11.5 Å². The third kappa shape index (κ3) is 7.05. The number of likely N-dealkylation sites (tertiary alicyclic amines) is 1. The van der Waals surface area contributed by atoms with Crippen molar-refractivity contribution in [3.05, 3.63) is 59.7 Å². The molecule has 2 aromatic carbocycles. The molecule has 1 saturated heterocycles. The van der Waals surface area contributed by atoms with Gasteiger partial charge >= 0.3 is 0 Å². The van der Waals surface area contributed by atoms with Gasteiger partial charge in [0.05, 0.1) is 13.7 Å². The summed E-state index contributed by atoms with van der Waals surface area (Å²) in [6, 6.07) is 16.3. The summed E-state index contributed by atoms with van der Waals surface area (Å²) in [6.07, 6.45) is 2.42. The first-order valence-corrected chi connectivity index (χ1v) is 10.4. The second kappa shape index (κ2) is 12.6. The molecule has 0 spiro atoms. The molecule has 3 rings (SSSR count). The lowest BCUT2D eigenvalue weighted by molar-refractivity contribution is 0.245. The number of methoxy groups -OCH3 is 1. The number of nitrogens with zero attached hydrogens (tertiary/aromatic N) is 2. The summed E-state index contributed by atoms with van der Waals surface area (Å²) in [5.41, 5.74) is 2.10.